The molecular weight excluding hydrogens is 258 g/mol. The first-order valence-electron chi connectivity index (χ1n) is 4.63. The molecule has 1 rings (SSSR count). The van der Waals surface area contributed by atoms with Gasteiger partial charge in [0.25, 0.3) is 0 Å². The monoisotopic (exact) mass is 275 g/mol. The SMILES string of the molecule is CN.CSc1ccc(CCCBr)cc1. The smallest absolute Gasteiger partial charge is 0.00693 e. The van der Waals surface area contributed by atoms with Crippen LogP contribution < -0.4 is 5.73 Å². The van der Waals surface area contributed by atoms with E-state index in [1.54, 1.807) is 11.8 Å². The summed E-state index contributed by atoms with van der Waals surface area (Å²) in [4.78, 5) is 1.34. The van der Waals surface area contributed by atoms with Crippen LogP contribution in [0.1, 0.15) is 12.0 Å². The summed E-state index contributed by atoms with van der Waals surface area (Å²) in [5, 5.41) is 1.09. The van der Waals surface area contributed by atoms with Crippen LogP contribution in [0.15, 0.2) is 29.2 Å². The highest BCUT2D eigenvalue weighted by Crippen LogP contribution is 2.15. The van der Waals surface area contributed by atoms with Gasteiger partial charge in [-0.3, -0.25) is 0 Å². The van der Waals surface area contributed by atoms with Crippen LogP contribution >= 0.6 is 27.7 Å². The van der Waals surface area contributed by atoms with E-state index in [4.69, 9.17) is 0 Å². The molecule has 0 unspecified atom stereocenters. The summed E-state index contributed by atoms with van der Waals surface area (Å²) in [5.41, 5.74) is 5.94. The maximum Gasteiger partial charge on any atom is 0.00693 e. The minimum Gasteiger partial charge on any atom is -0.333 e. The Balaban J connectivity index is 0.000000791. The summed E-state index contributed by atoms with van der Waals surface area (Å²) >= 11 is 5.22. The van der Waals surface area contributed by atoms with E-state index >= 15 is 0 Å². The number of hydrogen-bond donors (Lipinski definition) is 1. The predicted molar refractivity (Wildman–Crippen MR) is 70.4 cm³/mol. The summed E-state index contributed by atoms with van der Waals surface area (Å²) in [7, 11) is 1.50. The molecule has 1 nitrogen and oxygen atoms in total. The molecule has 80 valence electrons. The number of thioether (sulfide) groups is 1. The van der Waals surface area contributed by atoms with E-state index in [0.717, 1.165) is 5.33 Å². The van der Waals surface area contributed by atoms with Gasteiger partial charge in [-0.2, -0.15) is 0 Å². The Morgan fingerprint density at radius 2 is 1.79 bits per heavy atom. The minimum atomic E-state index is 1.09. The minimum absolute atomic E-state index is 1.09. The van der Waals surface area contributed by atoms with Crippen LogP contribution in [0.25, 0.3) is 0 Å². The van der Waals surface area contributed by atoms with Gasteiger partial charge in [-0.1, -0.05) is 28.1 Å². The summed E-state index contributed by atoms with van der Waals surface area (Å²) in [6.07, 6.45) is 4.51. The molecule has 1 aromatic rings. The van der Waals surface area contributed by atoms with Crippen LogP contribution in [0, 0.1) is 0 Å². The Kier molecular flexibility index (Phi) is 9.57. The lowest BCUT2D eigenvalue weighted by Crippen LogP contribution is -1.85. The molecular formula is C11H18BrNS. The lowest BCUT2D eigenvalue weighted by atomic mass is 10.1. The molecule has 0 bridgehead atoms. The molecule has 2 N–H and O–H groups in total. The van der Waals surface area contributed by atoms with Crippen molar-refractivity contribution >= 4 is 27.7 Å². The van der Waals surface area contributed by atoms with Gasteiger partial charge < -0.3 is 5.73 Å². The largest absolute Gasteiger partial charge is 0.333 e. The fraction of sp³-hybridized carbons (Fsp3) is 0.455. The van der Waals surface area contributed by atoms with Crippen molar-refractivity contribution in [2.75, 3.05) is 18.6 Å². The number of rotatable bonds is 4. The fourth-order valence-electron chi connectivity index (χ4n) is 1.06. The van der Waals surface area contributed by atoms with Gasteiger partial charge in [-0.05, 0) is 43.8 Å². The lowest BCUT2D eigenvalue weighted by molar-refractivity contribution is 0.937. The third kappa shape index (κ3) is 5.68. The summed E-state index contributed by atoms with van der Waals surface area (Å²) in [6, 6.07) is 8.81. The van der Waals surface area contributed by atoms with E-state index in [1.165, 1.54) is 30.3 Å². The molecule has 0 saturated heterocycles. The summed E-state index contributed by atoms with van der Waals surface area (Å²) < 4.78 is 0. The lowest BCUT2D eigenvalue weighted by Gasteiger charge is -2.00. The Morgan fingerprint density at radius 3 is 2.21 bits per heavy atom. The van der Waals surface area contributed by atoms with E-state index in [0.29, 0.717) is 0 Å². The van der Waals surface area contributed by atoms with Crippen LogP contribution in [-0.4, -0.2) is 18.6 Å². The Bertz CT molecular complexity index is 223. The number of alkyl halides is 1. The third-order valence-electron chi connectivity index (χ3n) is 1.76. The van der Waals surface area contributed by atoms with Gasteiger partial charge in [0, 0.05) is 10.2 Å². The predicted octanol–water partition coefficient (Wildman–Crippen LogP) is 3.31. The fourth-order valence-corrected chi connectivity index (χ4v) is 1.75. The number of hydrogen-bond acceptors (Lipinski definition) is 2. The zero-order valence-electron chi connectivity index (χ0n) is 8.79. The first-order chi connectivity index (χ1) is 6.86. The van der Waals surface area contributed by atoms with Crippen molar-refractivity contribution in [3.63, 3.8) is 0 Å². The van der Waals surface area contributed by atoms with Crippen molar-refractivity contribution in [3.8, 4) is 0 Å². The van der Waals surface area contributed by atoms with Crippen LogP contribution in [0.4, 0.5) is 0 Å². The van der Waals surface area contributed by atoms with Gasteiger partial charge in [-0.25, -0.2) is 0 Å². The van der Waals surface area contributed by atoms with Gasteiger partial charge >= 0.3 is 0 Å². The second-order valence-electron chi connectivity index (χ2n) is 2.64. The number of nitrogens with two attached hydrogens (primary N) is 1. The topological polar surface area (TPSA) is 26.0 Å². The molecule has 0 radical (unpaired) electrons. The van der Waals surface area contributed by atoms with Gasteiger partial charge in [-0.15, -0.1) is 11.8 Å². The van der Waals surface area contributed by atoms with E-state index in [1.807, 2.05) is 0 Å². The third-order valence-corrected chi connectivity index (χ3v) is 3.06. The second kappa shape index (κ2) is 9.56. The highest BCUT2D eigenvalue weighted by Gasteiger charge is 1.92. The van der Waals surface area contributed by atoms with Crippen LogP contribution in [-0.2, 0) is 6.42 Å². The maximum atomic E-state index is 4.50. The Hall–Kier alpha value is 0.01000. The summed E-state index contributed by atoms with van der Waals surface area (Å²) in [5.74, 6) is 0. The number of halogens is 1. The molecule has 0 aliphatic carbocycles. The van der Waals surface area contributed by atoms with Crippen molar-refractivity contribution in [2.45, 2.75) is 17.7 Å². The van der Waals surface area contributed by atoms with Gasteiger partial charge in [0.05, 0.1) is 0 Å². The normalized spacial score (nSPS) is 9.14. The van der Waals surface area contributed by atoms with Gasteiger partial charge in [0.15, 0.2) is 0 Å². The molecule has 0 fully saturated rings. The highest BCUT2D eigenvalue weighted by molar-refractivity contribution is 9.09. The van der Waals surface area contributed by atoms with Crippen molar-refractivity contribution in [1.29, 1.82) is 0 Å². The molecule has 0 heterocycles. The van der Waals surface area contributed by atoms with Gasteiger partial charge in [0.1, 0.15) is 0 Å². The molecule has 0 atom stereocenters. The Labute approximate surface area is 99.6 Å². The van der Waals surface area contributed by atoms with Crippen molar-refractivity contribution in [1.82, 2.24) is 0 Å². The molecule has 0 saturated carbocycles. The number of benzene rings is 1. The van der Waals surface area contributed by atoms with Crippen molar-refractivity contribution in [3.05, 3.63) is 29.8 Å². The molecule has 1 aromatic carbocycles. The highest BCUT2D eigenvalue weighted by atomic mass is 79.9. The van der Waals surface area contributed by atoms with E-state index in [9.17, 15) is 0 Å². The van der Waals surface area contributed by atoms with E-state index in [2.05, 4.69) is 52.2 Å². The molecule has 0 aliphatic rings. The second-order valence-corrected chi connectivity index (χ2v) is 4.31. The zero-order valence-corrected chi connectivity index (χ0v) is 11.2. The quantitative estimate of drug-likeness (QED) is 0.674. The van der Waals surface area contributed by atoms with Gasteiger partial charge in [0.2, 0.25) is 0 Å². The van der Waals surface area contributed by atoms with Crippen LogP contribution in [0.2, 0.25) is 0 Å². The summed E-state index contributed by atoms with van der Waals surface area (Å²) in [6.45, 7) is 0. The zero-order chi connectivity index (χ0) is 10.8. The average molecular weight is 276 g/mol. The van der Waals surface area contributed by atoms with Crippen LogP contribution in [0.3, 0.4) is 0 Å². The first kappa shape index (κ1) is 14.0. The van der Waals surface area contributed by atoms with Crippen LogP contribution in [0.5, 0.6) is 0 Å². The molecule has 0 amide bonds. The molecule has 3 heteroatoms. The van der Waals surface area contributed by atoms with E-state index in [-0.39, 0.29) is 0 Å². The molecule has 14 heavy (non-hydrogen) atoms. The maximum absolute atomic E-state index is 4.50. The standard InChI is InChI=1S/C10H13BrS.CH5N/c1-12-10-6-4-9(5-7-10)3-2-8-11;1-2/h4-7H,2-3,8H2,1H3;2H2,1H3. The van der Waals surface area contributed by atoms with E-state index < -0.39 is 0 Å². The molecule has 0 spiro atoms. The Morgan fingerprint density at radius 1 is 1.21 bits per heavy atom. The van der Waals surface area contributed by atoms with Crippen molar-refractivity contribution in [2.24, 2.45) is 5.73 Å². The molecule has 0 aliphatic heterocycles. The average Bonchev–Trinajstić information content (AvgIpc) is 2.30. The number of aryl methyl sites for hydroxylation is 1. The first-order valence-corrected chi connectivity index (χ1v) is 6.98. The molecule has 0 aromatic heterocycles. The van der Waals surface area contributed by atoms with Crippen molar-refractivity contribution < 1.29 is 0 Å².